The first-order valence-electron chi connectivity index (χ1n) is 7.56. The van der Waals surface area contributed by atoms with E-state index >= 15 is 0 Å². The molecule has 3 aromatic rings. The van der Waals surface area contributed by atoms with Crippen molar-refractivity contribution in [2.45, 2.75) is 11.8 Å². The molecular weight excluding hydrogens is 380 g/mol. The SMILES string of the molecule is Cc1cc(-c2c(-c3ccc(S(N)(=O)=O)cc3)ccc(F)c2F)ccc1Cl. The molecule has 0 spiro atoms. The summed E-state index contributed by atoms with van der Waals surface area (Å²) in [5, 5.41) is 5.61. The van der Waals surface area contributed by atoms with E-state index in [-0.39, 0.29) is 10.5 Å². The van der Waals surface area contributed by atoms with E-state index in [4.69, 9.17) is 16.7 Å². The van der Waals surface area contributed by atoms with E-state index in [0.29, 0.717) is 21.7 Å². The molecule has 134 valence electrons. The van der Waals surface area contributed by atoms with E-state index in [2.05, 4.69) is 0 Å². The summed E-state index contributed by atoms with van der Waals surface area (Å²) < 4.78 is 51.3. The molecule has 0 aromatic heterocycles. The minimum Gasteiger partial charge on any atom is -0.225 e. The van der Waals surface area contributed by atoms with Crippen LogP contribution in [0.4, 0.5) is 8.78 Å². The summed E-state index contributed by atoms with van der Waals surface area (Å²) in [6.07, 6.45) is 0. The van der Waals surface area contributed by atoms with Crippen molar-refractivity contribution >= 4 is 21.6 Å². The molecule has 0 radical (unpaired) electrons. The molecule has 7 heteroatoms. The molecule has 2 N–H and O–H groups in total. The second-order valence-electron chi connectivity index (χ2n) is 5.82. The molecule has 26 heavy (non-hydrogen) atoms. The third-order valence-electron chi connectivity index (χ3n) is 4.04. The quantitative estimate of drug-likeness (QED) is 0.687. The molecule has 0 atom stereocenters. The van der Waals surface area contributed by atoms with Crippen LogP contribution in [-0.4, -0.2) is 8.42 Å². The zero-order valence-corrected chi connectivity index (χ0v) is 15.2. The Bertz CT molecular complexity index is 1100. The Hall–Kier alpha value is -2.28. The number of rotatable bonds is 3. The van der Waals surface area contributed by atoms with Crippen molar-refractivity contribution < 1.29 is 17.2 Å². The van der Waals surface area contributed by atoms with E-state index in [9.17, 15) is 17.2 Å². The van der Waals surface area contributed by atoms with Crippen LogP contribution < -0.4 is 5.14 Å². The summed E-state index contributed by atoms with van der Waals surface area (Å²) in [5.41, 5.74) is 2.22. The summed E-state index contributed by atoms with van der Waals surface area (Å²) in [4.78, 5) is -0.0623. The van der Waals surface area contributed by atoms with Gasteiger partial charge >= 0.3 is 0 Å². The maximum atomic E-state index is 14.6. The summed E-state index contributed by atoms with van der Waals surface area (Å²) >= 11 is 6.02. The van der Waals surface area contributed by atoms with Crippen LogP contribution >= 0.6 is 11.6 Å². The van der Waals surface area contributed by atoms with Gasteiger partial charge in [-0.1, -0.05) is 35.9 Å². The van der Waals surface area contributed by atoms with Gasteiger partial charge in [0.05, 0.1) is 4.90 Å². The second-order valence-corrected chi connectivity index (χ2v) is 7.79. The Morgan fingerprint density at radius 2 is 1.54 bits per heavy atom. The lowest BCUT2D eigenvalue weighted by Crippen LogP contribution is -2.11. The number of hydrogen-bond acceptors (Lipinski definition) is 2. The van der Waals surface area contributed by atoms with Gasteiger partial charge in [-0.05, 0) is 59.5 Å². The number of nitrogens with two attached hydrogens (primary N) is 1. The minimum absolute atomic E-state index is 0.0623. The lowest BCUT2D eigenvalue weighted by Gasteiger charge is -2.13. The van der Waals surface area contributed by atoms with Gasteiger partial charge in [0, 0.05) is 10.6 Å². The Morgan fingerprint density at radius 3 is 2.12 bits per heavy atom. The molecule has 0 aliphatic carbocycles. The topological polar surface area (TPSA) is 60.2 Å². The molecular formula is C19H14ClF2NO2S. The predicted molar refractivity (Wildman–Crippen MR) is 98.4 cm³/mol. The van der Waals surface area contributed by atoms with Crippen LogP contribution in [0.15, 0.2) is 59.5 Å². The minimum atomic E-state index is -3.84. The first-order chi connectivity index (χ1) is 12.2. The van der Waals surface area contributed by atoms with Crippen LogP contribution in [-0.2, 0) is 10.0 Å². The molecule has 3 rings (SSSR count). The molecule has 3 aromatic carbocycles. The maximum absolute atomic E-state index is 14.6. The lowest BCUT2D eigenvalue weighted by molar-refractivity contribution is 0.511. The van der Waals surface area contributed by atoms with Crippen LogP contribution in [0.1, 0.15) is 5.56 Å². The Morgan fingerprint density at radius 1 is 0.923 bits per heavy atom. The van der Waals surface area contributed by atoms with Crippen LogP contribution in [0.2, 0.25) is 5.02 Å². The first kappa shape index (κ1) is 18.5. The van der Waals surface area contributed by atoms with Gasteiger partial charge in [-0.25, -0.2) is 22.3 Å². The van der Waals surface area contributed by atoms with Gasteiger partial charge in [-0.2, -0.15) is 0 Å². The second kappa shape index (κ2) is 6.79. The van der Waals surface area contributed by atoms with Gasteiger partial charge in [0.1, 0.15) is 0 Å². The summed E-state index contributed by atoms with van der Waals surface area (Å²) in [5.74, 6) is -1.96. The van der Waals surface area contributed by atoms with Crippen molar-refractivity contribution in [2.24, 2.45) is 5.14 Å². The number of halogens is 3. The van der Waals surface area contributed by atoms with Gasteiger partial charge in [0.15, 0.2) is 11.6 Å². The summed E-state index contributed by atoms with van der Waals surface area (Å²) in [7, 11) is -3.84. The van der Waals surface area contributed by atoms with Crippen molar-refractivity contribution in [2.75, 3.05) is 0 Å². The van der Waals surface area contributed by atoms with Crippen molar-refractivity contribution in [1.29, 1.82) is 0 Å². The Kier molecular flexibility index (Phi) is 4.84. The average Bonchev–Trinajstić information content (AvgIpc) is 2.59. The molecule has 0 aliphatic rings. The highest BCUT2D eigenvalue weighted by Crippen LogP contribution is 2.37. The highest BCUT2D eigenvalue weighted by molar-refractivity contribution is 7.89. The fourth-order valence-corrected chi connectivity index (χ4v) is 3.33. The number of sulfonamides is 1. The molecule has 0 aliphatic heterocycles. The van der Waals surface area contributed by atoms with E-state index in [1.54, 1.807) is 25.1 Å². The third kappa shape index (κ3) is 3.49. The predicted octanol–water partition coefficient (Wildman–Crippen LogP) is 4.91. The van der Waals surface area contributed by atoms with Crippen LogP contribution in [0.5, 0.6) is 0 Å². The number of benzene rings is 3. The van der Waals surface area contributed by atoms with Crippen LogP contribution in [0.3, 0.4) is 0 Å². The fourth-order valence-electron chi connectivity index (χ4n) is 2.70. The van der Waals surface area contributed by atoms with Gasteiger partial charge in [-0.3, -0.25) is 0 Å². The van der Waals surface area contributed by atoms with E-state index in [1.165, 1.54) is 30.3 Å². The third-order valence-corrected chi connectivity index (χ3v) is 5.39. The van der Waals surface area contributed by atoms with E-state index in [1.807, 2.05) is 0 Å². The van der Waals surface area contributed by atoms with Gasteiger partial charge in [0.2, 0.25) is 10.0 Å². The molecule has 0 saturated heterocycles. The molecule has 0 unspecified atom stereocenters. The number of hydrogen-bond donors (Lipinski definition) is 1. The highest BCUT2D eigenvalue weighted by atomic mass is 35.5. The van der Waals surface area contributed by atoms with Gasteiger partial charge in [-0.15, -0.1) is 0 Å². The average molecular weight is 394 g/mol. The van der Waals surface area contributed by atoms with Crippen molar-refractivity contribution in [3.63, 3.8) is 0 Å². The molecule has 0 amide bonds. The van der Waals surface area contributed by atoms with Crippen LogP contribution in [0, 0.1) is 18.6 Å². The normalized spacial score (nSPS) is 11.6. The first-order valence-corrected chi connectivity index (χ1v) is 9.48. The molecule has 0 heterocycles. The molecule has 3 nitrogen and oxygen atoms in total. The van der Waals surface area contributed by atoms with Crippen molar-refractivity contribution in [3.8, 4) is 22.3 Å². The zero-order valence-electron chi connectivity index (χ0n) is 13.6. The summed E-state index contributed by atoms with van der Waals surface area (Å²) in [6.45, 7) is 1.77. The van der Waals surface area contributed by atoms with E-state index in [0.717, 1.165) is 11.6 Å². The Balaban J connectivity index is 2.22. The zero-order chi connectivity index (χ0) is 19.1. The molecule has 0 bridgehead atoms. The molecule has 0 fully saturated rings. The van der Waals surface area contributed by atoms with Crippen molar-refractivity contribution in [1.82, 2.24) is 0 Å². The maximum Gasteiger partial charge on any atom is 0.238 e. The Labute approximate surface area is 155 Å². The smallest absolute Gasteiger partial charge is 0.225 e. The number of aryl methyl sites for hydroxylation is 1. The molecule has 0 saturated carbocycles. The standard InChI is InChI=1S/C19H14ClF2NO2S/c1-11-10-13(4-8-16(11)20)18-15(7-9-17(21)19(18)22)12-2-5-14(6-3-12)26(23,24)25/h2-10H,1H3,(H2,23,24,25). The van der Waals surface area contributed by atoms with Crippen molar-refractivity contribution in [3.05, 3.63) is 76.8 Å². The van der Waals surface area contributed by atoms with Gasteiger partial charge in [0.25, 0.3) is 0 Å². The monoisotopic (exact) mass is 393 g/mol. The largest absolute Gasteiger partial charge is 0.238 e. The highest BCUT2D eigenvalue weighted by Gasteiger charge is 2.18. The lowest BCUT2D eigenvalue weighted by atomic mass is 9.93. The number of primary sulfonamides is 1. The van der Waals surface area contributed by atoms with Gasteiger partial charge < -0.3 is 0 Å². The van der Waals surface area contributed by atoms with E-state index < -0.39 is 21.7 Å². The summed E-state index contributed by atoms with van der Waals surface area (Å²) in [6, 6.07) is 13.0. The fraction of sp³-hybridized carbons (Fsp3) is 0.0526. The van der Waals surface area contributed by atoms with Crippen LogP contribution in [0.25, 0.3) is 22.3 Å².